The molecule has 2 rings (SSSR count). The molecule has 1 aromatic heterocycles. The van der Waals surface area contributed by atoms with Crippen LogP contribution >= 0.6 is 0 Å². The van der Waals surface area contributed by atoms with Gasteiger partial charge in [-0.25, -0.2) is 9.59 Å². The molecule has 1 fully saturated rings. The first-order chi connectivity index (χ1) is 9.58. The number of piperidine rings is 1. The fourth-order valence-electron chi connectivity index (χ4n) is 2.45. The topological polar surface area (TPSA) is 87.5 Å². The first-order valence-electron chi connectivity index (χ1n) is 6.82. The Hall–Kier alpha value is -2.05. The molecule has 2 N–H and O–H groups in total. The minimum atomic E-state index is -0.924. The molecule has 0 spiro atoms. The Bertz CT molecular complexity index is 486. The Morgan fingerprint density at radius 2 is 2.30 bits per heavy atom. The SMILES string of the molecule is Cn1cc(CCNC(=O)N2CCCCC2C(=O)O)cn1. The van der Waals surface area contributed by atoms with Gasteiger partial charge in [0.2, 0.25) is 0 Å². The fraction of sp³-hybridized carbons (Fsp3) is 0.615. The number of urea groups is 1. The van der Waals surface area contributed by atoms with Crippen molar-refractivity contribution < 1.29 is 14.7 Å². The molecule has 2 heterocycles. The van der Waals surface area contributed by atoms with E-state index in [1.807, 2.05) is 13.2 Å². The van der Waals surface area contributed by atoms with Crippen LogP contribution in [0.15, 0.2) is 12.4 Å². The van der Waals surface area contributed by atoms with Crippen molar-refractivity contribution in [3.8, 4) is 0 Å². The molecular weight excluding hydrogens is 260 g/mol. The molecule has 1 aromatic rings. The molecule has 7 nitrogen and oxygen atoms in total. The number of aryl methyl sites for hydroxylation is 1. The number of rotatable bonds is 4. The Morgan fingerprint density at radius 1 is 1.50 bits per heavy atom. The van der Waals surface area contributed by atoms with Gasteiger partial charge in [-0.15, -0.1) is 0 Å². The van der Waals surface area contributed by atoms with Crippen LogP contribution in [0.4, 0.5) is 4.79 Å². The maximum atomic E-state index is 12.0. The summed E-state index contributed by atoms with van der Waals surface area (Å²) in [7, 11) is 1.84. The number of nitrogens with one attached hydrogen (secondary N) is 1. The first-order valence-corrected chi connectivity index (χ1v) is 6.82. The number of carbonyl (C=O) groups is 2. The Labute approximate surface area is 117 Å². The van der Waals surface area contributed by atoms with Gasteiger partial charge in [0.15, 0.2) is 0 Å². The number of nitrogens with zero attached hydrogens (tertiary/aromatic N) is 3. The quantitative estimate of drug-likeness (QED) is 0.846. The molecule has 1 saturated heterocycles. The van der Waals surface area contributed by atoms with Crippen LogP contribution in [0.25, 0.3) is 0 Å². The summed E-state index contributed by atoms with van der Waals surface area (Å²) in [6.45, 7) is 0.989. The third-order valence-electron chi connectivity index (χ3n) is 3.50. The summed E-state index contributed by atoms with van der Waals surface area (Å²) in [6, 6.07) is -0.983. The number of aliphatic carboxylic acids is 1. The zero-order valence-corrected chi connectivity index (χ0v) is 11.6. The van der Waals surface area contributed by atoms with Crippen molar-refractivity contribution in [3.05, 3.63) is 18.0 Å². The van der Waals surface area contributed by atoms with Gasteiger partial charge < -0.3 is 15.3 Å². The maximum absolute atomic E-state index is 12.0. The smallest absolute Gasteiger partial charge is 0.326 e. The largest absolute Gasteiger partial charge is 0.480 e. The number of carboxylic acids is 1. The molecule has 20 heavy (non-hydrogen) atoms. The van der Waals surface area contributed by atoms with Crippen molar-refractivity contribution in [2.24, 2.45) is 7.05 Å². The van der Waals surface area contributed by atoms with E-state index in [4.69, 9.17) is 5.11 Å². The maximum Gasteiger partial charge on any atom is 0.326 e. The molecule has 1 atom stereocenters. The third-order valence-corrected chi connectivity index (χ3v) is 3.50. The van der Waals surface area contributed by atoms with Gasteiger partial charge in [0, 0.05) is 26.3 Å². The predicted octanol–water partition coefficient (Wildman–Crippen LogP) is 0.611. The van der Waals surface area contributed by atoms with Crippen LogP contribution in [0.3, 0.4) is 0 Å². The standard InChI is InChI=1S/C13H20N4O3/c1-16-9-10(8-15-16)5-6-14-13(20)17-7-3-2-4-11(17)12(18)19/h8-9,11H,2-7H2,1H3,(H,14,20)(H,18,19). The molecular formula is C13H20N4O3. The van der Waals surface area contributed by atoms with Crippen molar-refractivity contribution in [3.63, 3.8) is 0 Å². The summed E-state index contributed by atoms with van der Waals surface area (Å²) in [5.74, 6) is -0.924. The van der Waals surface area contributed by atoms with Crippen LogP contribution in [-0.4, -0.2) is 50.9 Å². The van der Waals surface area contributed by atoms with Crippen molar-refractivity contribution in [1.29, 1.82) is 0 Å². The minimum Gasteiger partial charge on any atom is -0.480 e. The molecule has 2 amide bonds. The fourth-order valence-corrected chi connectivity index (χ4v) is 2.45. The average Bonchev–Trinajstić information content (AvgIpc) is 2.84. The third kappa shape index (κ3) is 3.49. The highest BCUT2D eigenvalue weighted by atomic mass is 16.4. The van der Waals surface area contributed by atoms with E-state index in [-0.39, 0.29) is 6.03 Å². The molecule has 110 valence electrons. The second-order valence-electron chi connectivity index (χ2n) is 5.05. The van der Waals surface area contributed by atoms with Gasteiger partial charge in [0.25, 0.3) is 0 Å². The van der Waals surface area contributed by atoms with Gasteiger partial charge in [0.1, 0.15) is 6.04 Å². The Balaban J connectivity index is 1.82. The van der Waals surface area contributed by atoms with E-state index in [0.29, 0.717) is 25.9 Å². The van der Waals surface area contributed by atoms with Crippen LogP contribution in [-0.2, 0) is 18.3 Å². The second kappa shape index (κ2) is 6.40. The summed E-state index contributed by atoms with van der Waals surface area (Å²) >= 11 is 0. The zero-order valence-electron chi connectivity index (χ0n) is 11.6. The molecule has 0 bridgehead atoms. The van der Waals surface area contributed by atoms with E-state index >= 15 is 0 Å². The monoisotopic (exact) mass is 280 g/mol. The number of hydrogen-bond donors (Lipinski definition) is 2. The number of aromatic nitrogens is 2. The first kappa shape index (κ1) is 14.4. The lowest BCUT2D eigenvalue weighted by molar-refractivity contribution is -0.143. The normalized spacial score (nSPS) is 18.9. The van der Waals surface area contributed by atoms with Gasteiger partial charge in [-0.3, -0.25) is 4.68 Å². The second-order valence-corrected chi connectivity index (χ2v) is 5.05. The molecule has 7 heteroatoms. The molecule has 1 aliphatic rings. The van der Waals surface area contributed by atoms with E-state index in [1.54, 1.807) is 10.9 Å². The lowest BCUT2D eigenvalue weighted by atomic mass is 10.0. The van der Waals surface area contributed by atoms with E-state index in [1.165, 1.54) is 4.90 Å². The molecule has 1 unspecified atom stereocenters. The van der Waals surface area contributed by atoms with Gasteiger partial charge in [-0.05, 0) is 31.2 Å². The highest BCUT2D eigenvalue weighted by molar-refractivity contribution is 5.82. The average molecular weight is 280 g/mol. The van der Waals surface area contributed by atoms with E-state index in [2.05, 4.69) is 10.4 Å². The number of carbonyl (C=O) groups excluding carboxylic acids is 1. The van der Waals surface area contributed by atoms with Gasteiger partial charge in [0.05, 0.1) is 6.20 Å². The van der Waals surface area contributed by atoms with Crippen LogP contribution in [0.1, 0.15) is 24.8 Å². The van der Waals surface area contributed by atoms with Crippen LogP contribution < -0.4 is 5.32 Å². The molecule has 0 aliphatic carbocycles. The summed E-state index contributed by atoms with van der Waals surface area (Å²) in [5, 5.41) is 16.0. The zero-order chi connectivity index (χ0) is 14.5. The summed E-state index contributed by atoms with van der Waals surface area (Å²) in [5.41, 5.74) is 1.04. The van der Waals surface area contributed by atoms with Crippen molar-refractivity contribution in [2.75, 3.05) is 13.1 Å². The Kier molecular flexibility index (Phi) is 4.60. The lowest BCUT2D eigenvalue weighted by Gasteiger charge is -2.32. The van der Waals surface area contributed by atoms with Crippen LogP contribution in [0.2, 0.25) is 0 Å². The number of carboxylic acid groups (broad SMARTS) is 1. The highest BCUT2D eigenvalue weighted by Crippen LogP contribution is 2.17. The van der Waals surface area contributed by atoms with Crippen molar-refractivity contribution in [2.45, 2.75) is 31.7 Å². The van der Waals surface area contributed by atoms with Crippen molar-refractivity contribution >= 4 is 12.0 Å². The molecule has 1 aliphatic heterocycles. The van der Waals surface area contributed by atoms with Crippen LogP contribution in [0, 0.1) is 0 Å². The Morgan fingerprint density at radius 3 is 2.95 bits per heavy atom. The molecule has 0 saturated carbocycles. The predicted molar refractivity (Wildman–Crippen MR) is 72.3 cm³/mol. The minimum absolute atomic E-state index is 0.291. The van der Waals surface area contributed by atoms with Crippen molar-refractivity contribution in [1.82, 2.24) is 20.0 Å². The summed E-state index contributed by atoms with van der Waals surface area (Å²) in [6.07, 6.45) is 6.59. The number of likely N-dealkylation sites (tertiary alicyclic amines) is 1. The number of hydrogen-bond acceptors (Lipinski definition) is 3. The lowest BCUT2D eigenvalue weighted by Crippen LogP contribution is -2.52. The highest BCUT2D eigenvalue weighted by Gasteiger charge is 2.31. The molecule has 0 radical (unpaired) electrons. The molecule has 0 aromatic carbocycles. The summed E-state index contributed by atoms with van der Waals surface area (Å²) in [4.78, 5) is 24.6. The van der Waals surface area contributed by atoms with E-state index in [9.17, 15) is 9.59 Å². The number of amides is 2. The summed E-state index contributed by atoms with van der Waals surface area (Å²) < 4.78 is 1.71. The van der Waals surface area contributed by atoms with Gasteiger partial charge in [-0.2, -0.15) is 5.10 Å². The van der Waals surface area contributed by atoms with Crippen LogP contribution in [0.5, 0.6) is 0 Å². The van der Waals surface area contributed by atoms with E-state index in [0.717, 1.165) is 18.4 Å². The van der Waals surface area contributed by atoms with E-state index < -0.39 is 12.0 Å². The van der Waals surface area contributed by atoms with Gasteiger partial charge >= 0.3 is 12.0 Å². The van der Waals surface area contributed by atoms with Gasteiger partial charge in [-0.1, -0.05) is 0 Å².